The van der Waals surface area contributed by atoms with E-state index in [0.29, 0.717) is 18.8 Å². The number of H-pyrrole nitrogens is 1. The Balaban J connectivity index is 1.51. The molecule has 6 heteroatoms. The van der Waals surface area contributed by atoms with Gasteiger partial charge in [-0.15, -0.1) is 0 Å². The van der Waals surface area contributed by atoms with E-state index in [4.69, 9.17) is 9.47 Å². The fraction of sp³-hybridized carbons (Fsp3) is 0.267. The highest BCUT2D eigenvalue weighted by atomic mass is 16.5. The van der Waals surface area contributed by atoms with Crippen LogP contribution in [0.4, 0.5) is 0 Å². The molecule has 0 bridgehead atoms. The van der Waals surface area contributed by atoms with Gasteiger partial charge in [0.05, 0.1) is 25.5 Å². The number of methoxy groups -OCH3 is 1. The number of ether oxygens (including phenoxy) is 2. The minimum absolute atomic E-state index is 0.0500. The van der Waals surface area contributed by atoms with Crippen LogP contribution in [0, 0.1) is 0 Å². The molecule has 5 rings (SSSR count). The normalized spacial score (nSPS) is 14.7. The molecule has 1 aliphatic heterocycles. The monoisotopic (exact) mass is 481 g/mol. The van der Waals surface area contributed by atoms with Crippen molar-refractivity contribution in [3.63, 3.8) is 0 Å². The Labute approximate surface area is 211 Å². The van der Waals surface area contributed by atoms with Crippen LogP contribution in [0.1, 0.15) is 59.4 Å². The van der Waals surface area contributed by atoms with E-state index in [9.17, 15) is 4.79 Å². The van der Waals surface area contributed by atoms with Crippen molar-refractivity contribution in [1.82, 2.24) is 15.1 Å². The molecule has 36 heavy (non-hydrogen) atoms. The second-order valence-corrected chi connectivity index (χ2v) is 9.04. The third kappa shape index (κ3) is 4.71. The highest BCUT2D eigenvalue weighted by Crippen LogP contribution is 2.44. The van der Waals surface area contributed by atoms with Crippen molar-refractivity contribution in [2.45, 2.75) is 38.8 Å². The summed E-state index contributed by atoms with van der Waals surface area (Å²) in [6.07, 6.45) is 3.37. The Kier molecular flexibility index (Phi) is 7.03. The van der Waals surface area contributed by atoms with Crippen LogP contribution in [0.5, 0.6) is 11.5 Å². The van der Waals surface area contributed by atoms with Crippen molar-refractivity contribution >= 4 is 5.91 Å². The summed E-state index contributed by atoms with van der Waals surface area (Å²) in [6, 6.07) is 25.7. The second kappa shape index (κ2) is 10.7. The first-order valence-corrected chi connectivity index (χ1v) is 12.5. The summed E-state index contributed by atoms with van der Waals surface area (Å²) in [6.45, 7) is 3.40. The molecule has 3 aromatic carbocycles. The number of nitrogens with zero attached hydrogens (tertiary/aromatic N) is 2. The number of amides is 1. The van der Waals surface area contributed by atoms with Gasteiger partial charge in [0.25, 0.3) is 5.91 Å². The molecule has 0 spiro atoms. The molecule has 0 saturated heterocycles. The number of aromatic amines is 1. The van der Waals surface area contributed by atoms with E-state index >= 15 is 0 Å². The number of hydrogen-bond donors (Lipinski definition) is 1. The summed E-state index contributed by atoms with van der Waals surface area (Å²) < 4.78 is 11.2. The van der Waals surface area contributed by atoms with Crippen LogP contribution in [0.3, 0.4) is 0 Å². The number of rotatable bonds is 10. The van der Waals surface area contributed by atoms with E-state index in [-0.39, 0.29) is 11.9 Å². The van der Waals surface area contributed by atoms with Gasteiger partial charge >= 0.3 is 0 Å². The van der Waals surface area contributed by atoms with E-state index in [2.05, 4.69) is 29.3 Å². The standard InChI is InChI=1S/C30H31N3O3/c1-3-4-8-19-36-25-17-13-23(14-18-25)29-26-27(22-11-15-24(35-2)16-12-22)31-32-28(26)30(34)33(29)20-21-9-6-5-7-10-21/h5-7,9-18,29H,3-4,8,19-20H2,1-2H3,(H,31,32). The van der Waals surface area contributed by atoms with Crippen LogP contribution in [0.2, 0.25) is 0 Å². The molecule has 4 aromatic rings. The third-order valence-electron chi connectivity index (χ3n) is 6.64. The number of aromatic nitrogens is 2. The third-order valence-corrected chi connectivity index (χ3v) is 6.64. The molecule has 184 valence electrons. The molecule has 6 nitrogen and oxygen atoms in total. The van der Waals surface area contributed by atoms with Gasteiger partial charge in [-0.1, -0.05) is 62.2 Å². The van der Waals surface area contributed by atoms with Crippen molar-refractivity contribution in [2.75, 3.05) is 13.7 Å². The molecule has 0 saturated carbocycles. The van der Waals surface area contributed by atoms with Crippen LogP contribution in [-0.4, -0.2) is 34.7 Å². The molecule has 1 atom stereocenters. The summed E-state index contributed by atoms with van der Waals surface area (Å²) in [5.74, 6) is 1.57. The summed E-state index contributed by atoms with van der Waals surface area (Å²) in [5, 5.41) is 7.60. The number of carbonyl (C=O) groups excluding carboxylic acids is 1. The number of unbranched alkanes of at least 4 members (excludes halogenated alkanes) is 2. The lowest BCUT2D eigenvalue weighted by Crippen LogP contribution is -2.29. The molecule has 1 aliphatic rings. The summed E-state index contributed by atoms with van der Waals surface area (Å²) in [4.78, 5) is 15.5. The van der Waals surface area contributed by atoms with Crippen molar-refractivity contribution in [3.05, 3.63) is 101 Å². The summed E-state index contributed by atoms with van der Waals surface area (Å²) in [5.41, 5.74) is 5.26. The Morgan fingerprint density at radius 2 is 1.64 bits per heavy atom. The van der Waals surface area contributed by atoms with Gasteiger partial charge in [0.1, 0.15) is 17.2 Å². The molecular formula is C30H31N3O3. The largest absolute Gasteiger partial charge is 0.497 e. The Morgan fingerprint density at radius 3 is 2.33 bits per heavy atom. The zero-order valence-electron chi connectivity index (χ0n) is 20.7. The van der Waals surface area contributed by atoms with Gasteiger partial charge in [-0.25, -0.2) is 0 Å². The average molecular weight is 482 g/mol. The van der Waals surface area contributed by atoms with Crippen LogP contribution in [0.25, 0.3) is 11.3 Å². The second-order valence-electron chi connectivity index (χ2n) is 9.04. The maximum Gasteiger partial charge on any atom is 0.273 e. The first-order chi connectivity index (χ1) is 17.7. The maximum absolute atomic E-state index is 13.6. The molecule has 0 aliphatic carbocycles. The van der Waals surface area contributed by atoms with Gasteiger partial charge in [0, 0.05) is 17.7 Å². The zero-order valence-corrected chi connectivity index (χ0v) is 20.7. The fourth-order valence-corrected chi connectivity index (χ4v) is 4.74. The lowest BCUT2D eigenvalue weighted by Gasteiger charge is -2.26. The minimum atomic E-state index is -0.266. The van der Waals surface area contributed by atoms with Crippen LogP contribution < -0.4 is 9.47 Å². The number of hydrogen-bond acceptors (Lipinski definition) is 4. The van der Waals surface area contributed by atoms with Crippen molar-refractivity contribution in [2.24, 2.45) is 0 Å². The number of carbonyl (C=O) groups is 1. The fourth-order valence-electron chi connectivity index (χ4n) is 4.74. The van der Waals surface area contributed by atoms with E-state index in [1.54, 1.807) is 7.11 Å². The molecule has 1 unspecified atom stereocenters. The van der Waals surface area contributed by atoms with E-state index in [1.807, 2.05) is 71.6 Å². The first-order valence-electron chi connectivity index (χ1n) is 12.5. The van der Waals surface area contributed by atoms with E-state index in [0.717, 1.165) is 52.3 Å². The van der Waals surface area contributed by atoms with Crippen molar-refractivity contribution in [1.29, 1.82) is 0 Å². The predicted octanol–water partition coefficient (Wildman–Crippen LogP) is 6.40. The minimum Gasteiger partial charge on any atom is -0.497 e. The van der Waals surface area contributed by atoms with Crippen molar-refractivity contribution < 1.29 is 14.3 Å². The average Bonchev–Trinajstić information content (AvgIpc) is 3.47. The van der Waals surface area contributed by atoms with Gasteiger partial charge in [-0.3, -0.25) is 9.89 Å². The highest BCUT2D eigenvalue weighted by Gasteiger charge is 2.42. The molecule has 1 N–H and O–H groups in total. The SMILES string of the molecule is CCCCCOc1ccc(C2c3c(-c4ccc(OC)cc4)n[nH]c3C(=O)N2Cc2ccccc2)cc1. The molecule has 0 radical (unpaired) electrons. The molecule has 1 aromatic heterocycles. The van der Waals surface area contributed by atoms with Crippen LogP contribution >= 0.6 is 0 Å². The van der Waals surface area contributed by atoms with Crippen molar-refractivity contribution in [3.8, 4) is 22.8 Å². The first kappa shape index (κ1) is 23.7. The molecule has 0 fully saturated rings. The summed E-state index contributed by atoms with van der Waals surface area (Å²) in [7, 11) is 1.65. The Morgan fingerprint density at radius 1 is 0.917 bits per heavy atom. The smallest absolute Gasteiger partial charge is 0.273 e. The number of nitrogens with one attached hydrogen (secondary N) is 1. The van der Waals surface area contributed by atoms with Gasteiger partial charge in [-0.2, -0.15) is 5.10 Å². The van der Waals surface area contributed by atoms with Crippen LogP contribution in [0.15, 0.2) is 78.9 Å². The Bertz CT molecular complexity index is 1300. The zero-order chi connectivity index (χ0) is 24.9. The lowest BCUT2D eigenvalue weighted by molar-refractivity contribution is 0.0730. The number of benzene rings is 3. The lowest BCUT2D eigenvalue weighted by atomic mass is 9.95. The molecule has 1 amide bonds. The van der Waals surface area contributed by atoms with Gasteiger partial charge in [0.15, 0.2) is 0 Å². The van der Waals surface area contributed by atoms with E-state index in [1.165, 1.54) is 6.42 Å². The molecular weight excluding hydrogens is 450 g/mol. The number of fused-ring (bicyclic) bond motifs is 1. The maximum atomic E-state index is 13.6. The van der Waals surface area contributed by atoms with Gasteiger partial charge in [-0.05, 0) is 53.9 Å². The van der Waals surface area contributed by atoms with Gasteiger partial charge < -0.3 is 14.4 Å². The van der Waals surface area contributed by atoms with Crippen LogP contribution in [-0.2, 0) is 6.54 Å². The highest BCUT2D eigenvalue weighted by molar-refractivity contribution is 6.00. The topological polar surface area (TPSA) is 67.5 Å². The van der Waals surface area contributed by atoms with E-state index < -0.39 is 0 Å². The Hall–Kier alpha value is -4.06. The predicted molar refractivity (Wildman–Crippen MR) is 140 cm³/mol. The molecule has 2 heterocycles. The summed E-state index contributed by atoms with van der Waals surface area (Å²) >= 11 is 0. The quantitative estimate of drug-likeness (QED) is 0.266. The van der Waals surface area contributed by atoms with Gasteiger partial charge in [0.2, 0.25) is 0 Å².